The molecule has 0 aromatic heterocycles. The summed E-state index contributed by atoms with van der Waals surface area (Å²) in [6.45, 7) is 6.70. The van der Waals surface area contributed by atoms with E-state index in [4.69, 9.17) is 10.2 Å². The number of carboxylic acid groups (broad SMARTS) is 2. The molecule has 0 aliphatic heterocycles. The third-order valence-corrected chi connectivity index (χ3v) is 1.91. The van der Waals surface area contributed by atoms with Crippen molar-refractivity contribution in [2.24, 2.45) is 11.8 Å². The quantitative estimate of drug-likeness (QED) is 0.678. The van der Waals surface area contributed by atoms with E-state index < -0.39 is 11.9 Å². The molecule has 4 heteroatoms. The molecular weight excluding hydrogens is 184 g/mol. The largest absolute Gasteiger partial charge is 0.478 e. The highest BCUT2D eigenvalue weighted by Gasteiger charge is 2.24. The molecule has 80 valence electrons. The summed E-state index contributed by atoms with van der Waals surface area (Å²) in [5, 5.41) is 17.8. The minimum Gasteiger partial charge on any atom is -0.478 e. The van der Waals surface area contributed by atoms with Gasteiger partial charge in [-0.3, -0.25) is 0 Å². The first kappa shape index (κ1) is 12.7. The van der Waals surface area contributed by atoms with E-state index in [-0.39, 0.29) is 23.0 Å². The topological polar surface area (TPSA) is 74.6 Å². The molecule has 4 nitrogen and oxygen atoms in total. The van der Waals surface area contributed by atoms with Crippen molar-refractivity contribution in [3.63, 3.8) is 0 Å². The average Bonchev–Trinajstić information content (AvgIpc) is 1.96. The molecule has 0 heterocycles. The van der Waals surface area contributed by atoms with Crippen LogP contribution in [0.4, 0.5) is 0 Å². The second kappa shape index (κ2) is 4.79. The Bertz CT molecular complexity index is 246. The Hall–Kier alpha value is -1.32. The summed E-state index contributed by atoms with van der Waals surface area (Å²) in [6.07, 6.45) is 0. The zero-order valence-electron chi connectivity index (χ0n) is 8.87. The van der Waals surface area contributed by atoms with Gasteiger partial charge in [-0.25, -0.2) is 9.59 Å². The number of carbonyl (C=O) groups is 2. The van der Waals surface area contributed by atoms with E-state index in [1.54, 1.807) is 27.7 Å². The van der Waals surface area contributed by atoms with Crippen LogP contribution in [0.25, 0.3) is 0 Å². The number of carboxylic acids is 2. The maximum atomic E-state index is 10.9. The van der Waals surface area contributed by atoms with Gasteiger partial charge in [-0.1, -0.05) is 27.7 Å². The van der Waals surface area contributed by atoms with Crippen LogP contribution in [0.3, 0.4) is 0 Å². The lowest BCUT2D eigenvalue weighted by atomic mass is 9.90. The van der Waals surface area contributed by atoms with Crippen molar-refractivity contribution in [3.05, 3.63) is 11.1 Å². The Kier molecular flexibility index (Phi) is 4.34. The lowest BCUT2D eigenvalue weighted by Crippen LogP contribution is -2.18. The molecule has 0 aromatic carbocycles. The average molecular weight is 200 g/mol. The van der Waals surface area contributed by atoms with Gasteiger partial charge in [-0.05, 0) is 11.8 Å². The van der Waals surface area contributed by atoms with Gasteiger partial charge in [0.25, 0.3) is 0 Å². The van der Waals surface area contributed by atoms with Crippen molar-refractivity contribution in [1.82, 2.24) is 0 Å². The van der Waals surface area contributed by atoms with Crippen molar-refractivity contribution in [2.45, 2.75) is 27.7 Å². The van der Waals surface area contributed by atoms with E-state index in [0.29, 0.717) is 0 Å². The van der Waals surface area contributed by atoms with Crippen LogP contribution in [0.1, 0.15) is 27.7 Å². The van der Waals surface area contributed by atoms with Crippen LogP contribution in [-0.4, -0.2) is 22.2 Å². The molecule has 0 saturated heterocycles. The zero-order valence-corrected chi connectivity index (χ0v) is 8.87. The second-order valence-corrected chi connectivity index (χ2v) is 3.75. The van der Waals surface area contributed by atoms with Crippen molar-refractivity contribution in [1.29, 1.82) is 0 Å². The molecule has 0 amide bonds. The van der Waals surface area contributed by atoms with Gasteiger partial charge in [0.05, 0.1) is 11.1 Å². The van der Waals surface area contributed by atoms with Gasteiger partial charge in [0.1, 0.15) is 0 Å². The summed E-state index contributed by atoms with van der Waals surface area (Å²) >= 11 is 0. The highest BCUT2D eigenvalue weighted by molar-refractivity contribution is 5.99. The Balaban J connectivity index is 5.51. The molecule has 0 fully saturated rings. The molecule has 2 N–H and O–H groups in total. The standard InChI is InChI=1S/C10H16O4/c1-5(2)7(9(11)12)8(6(3)4)10(13)14/h5-6H,1-4H3,(H,11,12)(H,13,14). The van der Waals surface area contributed by atoms with E-state index in [9.17, 15) is 9.59 Å². The van der Waals surface area contributed by atoms with Gasteiger partial charge in [0, 0.05) is 0 Å². The van der Waals surface area contributed by atoms with Crippen LogP contribution in [0, 0.1) is 11.8 Å². The highest BCUT2D eigenvalue weighted by atomic mass is 16.4. The smallest absolute Gasteiger partial charge is 0.332 e. The highest BCUT2D eigenvalue weighted by Crippen LogP contribution is 2.21. The third kappa shape index (κ3) is 2.87. The van der Waals surface area contributed by atoms with E-state index >= 15 is 0 Å². The molecule has 0 saturated carbocycles. The SMILES string of the molecule is CC(C)C(C(=O)O)=C(C(=O)O)C(C)C. The lowest BCUT2D eigenvalue weighted by molar-refractivity contribution is -0.136. The second-order valence-electron chi connectivity index (χ2n) is 3.75. The van der Waals surface area contributed by atoms with Crippen LogP contribution in [-0.2, 0) is 9.59 Å². The Labute approximate surface area is 83.2 Å². The molecule has 0 atom stereocenters. The van der Waals surface area contributed by atoms with Gasteiger partial charge in [0.2, 0.25) is 0 Å². The Morgan fingerprint density at radius 1 is 0.786 bits per heavy atom. The fraction of sp³-hybridized carbons (Fsp3) is 0.600. The van der Waals surface area contributed by atoms with Crippen LogP contribution < -0.4 is 0 Å². The Morgan fingerprint density at radius 2 is 1.00 bits per heavy atom. The molecule has 0 radical (unpaired) electrons. The molecule has 0 bridgehead atoms. The third-order valence-electron chi connectivity index (χ3n) is 1.91. The number of rotatable bonds is 4. The first-order chi connectivity index (χ1) is 6.29. The molecular formula is C10H16O4. The first-order valence-corrected chi connectivity index (χ1v) is 4.49. The van der Waals surface area contributed by atoms with Gasteiger partial charge in [-0.2, -0.15) is 0 Å². The van der Waals surface area contributed by atoms with Crippen molar-refractivity contribution in [2.75, 3.05) is 0 Å². The van der Waals surface area contributed by atoms with Gasteiger partial charge < -0.3 is 10.2 Å². The van der Waals surface area contributed by atoms with Crippen LogP contribution in [0.5, 0.6) is 0 Å². The zero-order chi connectivity index (χ0) is 11.5. The van der Waals surface area contributed by atoms with Crippen molar-refractivity contribution < 1.29 is 19.8 Å². The summed E-state index contributed by atoms with van der Waals surface area (Å²) in [5.41, 5.74) is -0.0139. The molecule has 0 spiro atoms. The predicted molar refractivity (Wildman–Crippen MR) is 52.0 cm³/mol. The van der Waals surface area contributed by atoms with Crippen molar-refractivity contribution in [3.8, 4) is 0 Å². The van der Waals surface area contributed by atoms with E-state index in [2.05, 4.69) is 0 Å². The van der Waals surface area contributed by atoms with Gasteiger partial charge in [0.15, 0.2) is 0 Å². The number of hydrogen-bond donors (Lipinski definition) is 2. The Morgan fingerprint density at radius 3 is 1.07 bits per heavy atom. The summed E-state index contributed by atoms with van der Waals surface area (Å²) in [7, 11) is 0. The van der Waals surface area contributed by atoms with Crippen molar-refractivity contribution >= 4 is 11.9 Å². The molecule has 0 aliphatic rings. The first-order valence-electron chi connectivity index (χ1n) is 4.49. The van der Waals surface area contributed by atoms with Crippen LogP contribution in [0.2, 0.25) is 0 Å². The van der Waals surface area contributed by atoms with Gasteiger partial charge >= 0.3 is 11.9 Å². The monoisotopic (exact) mass is 200 g/mol. The van der Waals surface area contributed by atoms with Gasteiger partial charge in [-0.15, -0.1) is 0 Å². The molecule has 0 aromatic rings. The van der Waals surface area contributed by atoms with E-state index in [0.717, 1.165) is 0 Å². The number of aliphatic carboxylic acids is 2. The lowest BCUT2D eigenvalue weighted by Gasteiger charge is -2.14. The summed E-state index contributed by atoms with van der Waals surface area (Å²) < 4.78 is 0. The molecule has 0 aliphatic carbocycles. The molecule has 0 rings (SSSR count). The summed E-state index contributed by atoms with van der Waals surface area (Å²) in [6, 6.07) is 0. The normalized spacial score (nSPS) is 13.0. The van der Waals surface area contributed by atoms with E-state index in [1.807, 2.05) is 0 Å². The molecule has 14 heavy (non-hydrogen) atoms. The summed E-state index contributed by atoms with van der Waals surface area (Å²) in [5.74, 6) is -2.88. The van der Waals surface area contributed by atoms with Crippen LogP contribution in [0.15, 0.2) is 11.1 Å². The summed E-state index contributed by atoms with van der Waals surface area (Å²) in [4.78, 5) is 21.7. The number of hydrogen-bond acceptors (Lipinski definition) is 2. The fourth-order valence-corrected chi connectivity index (χ4v) is 1.35. The maximum Gasteiger partial charge on any atom is 0.332 e. The fourth-order valence-electron chi connectivity index (χ4n) is 1.35. The van der Waals surface area contributed by atoms with E-state index in [1.165, 1.54) is 0 Å². The maximum absolute atomic E-state index is 10.9. The minimum atomic E-state index is -1.15. The van der Waals surface area contributed by atoms with Crippen LogP contribution >= 0.6 is 0 Å². The predicted octanol–water partition coefficient (Wildman–Crippen LogP) is 1.76. The molecule has 0 unspecified atom stereocenters. The minimum absolute atomic E-state index is 0.00694.